The Morgan fingerprint density at radius 2 is 1.82 bits per heavy atom. The highest BCUT2D eigenvalue weighted by molar-refractivity contribution is 8.17. The molecule has 0 aliphatic rings. The minimum Gasteiger partial charge on any atom is -0.288 e. The molecule has 11 heavy (non-hydrogen) atoms. The van der Waals surface area contributed by atoms with Crippen molar-refractivity contribution in [2.24, 2.45) is 0 Å². The monoisotopic (exact) mass is 192 g/mol. The Kier molecular flexibility index (Phi) is 5.68. The summed E-state index contributed by atoms with van der Waals surface area (Å²) in [5.74, 6) is 0.722. The summed E-state index contributed by atoms with van der Waals surface area (Å²) in [6, 6.07) is 0. The second-order valence-electron chi connectivity index (χ2n) is 2.22. The van der Waals surface area contributed by atoms with Crippen molar-refractivity contribution in [3.63, 3.8) is 0 Å². The number of carbonyl (C=O) groups excluding carboxylic acids is 2. The second kappa shape index (κ2) is 5.66. The third-order valence-corrected chi connectivity index (χ3v) is 3.07. The minimum atomic E-state index is 0.112. The highest BCUT2D eigenvalue weighted by Gasteiger charge is 2.06. The Morgan fingerprint density at radius 1 is 1.27 bits per heavy atom. The molecular weight excluding hydrogens is 180 g/mol. The number of thioether (sulfide) groups is 2. The Labute approximate surface area is 75.5 Å². The molecule has 0 spiro atoms. The van der Waals surface area contributed by atoms with E-state index in [4.69, 9.17) is 0 Å². The van der Waals surface area contributed by atoms with Crippen molar-refractivity contribution in [2.75, 3.05) is 5.75 Å². The predicted octanol–water partition coefficient (Wildman–Crippen LogP) is 1.93. The Bertz CT molecular complexity index is 157. The summed E-state index contributed by atoms with van der Waals surface area (Å²) in [6.45, 7) is 5.03. The molecule has 0 rings (SSSR count). The van der Waals surface area contributed by atoms with E-state index in [9.17, 15) is 9.59 Å². The van der Waals surface area contributed by atoms with Crippen molar-refractivity contribution < 1.29 is 9.59 Å². The summed E-state index contributed by atoms with van der Waals surface area (Å²) in [5.41, 5.74) is 0. The molecule has 0 saturated carbocycles. The van der Waals surface area contributed by atoms with Crippen molar-refractivity contribution >= 4 is 33.8 Å². The number of rotatable bonds is 3. The summed E-state index contributed by atoms with van der Waals surface area (Å²) >= 11 is 2.55. The molecule has 0 aliphatic carbocycles. The molecule has 2 nitrogen and oxygen atoms in total. The van der Waals surface area contributed by atoms with Crippen molar-refractivity contribution in [3.05, 3.63) is 0 Å². The van der Waals surface area contributed by atoms with Crippen LogP contribution < -0.4 is 0 Å². The van der Waals surface area contributed by atoms with E-state index in [1.807, 2.05) is 6.92 Å². The van der Waals surface area contributed by atoms with E-state index < -0.39 is 0 Å². The normalized spacial score (nSPS) is 12.6. The van der Waals surface area contributed by atoms with Crippen LogP contribution in [0.5, 0.6) is 0 Å². The van der Waals surface area contributed by atoms with E-state index >= 15 is 0 Å². The molecule has 0 radical (unpaired) electrons. The van der Waals surface area contributed by atoms with Crippen LogP contribution >= 0.6 is 23.5 Å². The fourth-order valence-corrected chi connectivity index (χ4v) is 2.06. The summed E-state index contributed by atoms with van der Waals surface area (Å²) in [7, 11) is 0. The van der Waals surface area contributed by atoms with Crippen LogP contribution in [0, 0.1) is 0 Å². The van der Waals surface area contributed by atoms with Gasteiger partial charge >= 0.3 is 0 Å². The van der Waals surface area contributed by atoms with E-state index in [0.29, 0.717) is 0 Å². The standard InChI is InChI=1S/C7H12O2S2/c1-5(11-7(3)9)4-10-6(2)8/h5H,4H2,1-3H3. The molecule has 0 fully saturated rings. The summed E-state index contributed by atoms with van der Waals surface area (Å²) in [4.78, 5) is 21.1. The molecule has 0 N–H and O–H groups in total. The zero-order valence-corrected chi connectivity index (χ0v) is 8.55. The van der Waals surface area contributed by atoms with Gasteiger partial charge in [0.15, 0.2) is 10.2 Å². The molecule has 0 aromatic heterocycles. The number of carbonyl (C=O) groups is 2. The zero-order valence-electron chi connectivity index (χ0n) is 6.92. The van der Waals surface area contributed by atoms with E-state index in [1.165, 1.54) is 30.4 Å². The average Bonchev–Trinajstić information content (AvgIpc) is 1.82. The molecule has 1 atom stereocenters. The Balaban J connectivity index is 3.44. The van der Waals surface area contributed by atoms with E-state index in [0.717, 1.165) is 5.75 Å². The lowest BCUT2D eigenvalue weighted by atomic mass is 10.6. The maximum atomic E-state index is 10.6. The summed E-state index contributed by atoms with van der Waals surface area (Å²) in [6.07, 6.45) is 0. The second-order valence-corrected chi connectivity index (χ2v) is 5.03. The third kappa shape index (κ3) is 7.94. The molecule has 0 aliphatic heterocycles. The van der Waals surface area contributed by atoms with Crippen molar-refractivity contribution in [3.8, 4) is 0 Å². The van der Waals surface area contributed by atoms with Crippen LogP contribution in [-0.4, -0.2) is 21.2 Å². The molecule has 0 saturated heterocycles. The molecule has 0 heterocycles. The molecule has 0 amide bonds. The van der Waals surface area contributed by atoms with Gasteiger partial charge in [-0.05, 0) is 0 Å². The summed E-state index contributed by atoms with van der Waals surface area (Å²) in [5, 5.41) is 0.462. The van der Waals surface area contributed by atoms with Gasteiger partial charge in [0, 0.05) is 24.9 Å². The Hall–Kier alpha value is 0.0400. The van der Waals surface area contributed by atoms with Gasteiger partial charge in [0.05, 0.1) is 0 Å². The van der Waals surface area contributed by atoms with Gasteiger partial charge in [0.25, 0.3) is 0 Å². The molecule has 0 aromatic rings. The van der Waals surface area contributed by atoms with Crippen LogP contribution in [0.4, 0.5) is 0 Å². The van der Waals surface area contributed by atoms with Gasteiger partial charge in [-0.1, -0.05) is 30.4 Å². The summed E-state index contributed by atoms with van der Waals surface area (Å²) < 4.78 is 0. The lowest BCUT2D eigenvalue weighted by molar-refractivity contribution is -0.110. The molecular formula is C7H12O2S2. The zero-order chi connectivity index (χ0) is 8.85. The topological polar surface area (TPSA) is 34.1 Å². The van der Waals surface area contributed by atoms with Crippen LogP contribution in [0.25, 0.3) is 0 Å². The predicted molar refractivity (Wildman–Crippen MR) is 50.9 cm³/mol. The SMILES string of the molecule is CC(=O)SCC(C)SC(C)=O. The first-order valence-electron chi connectivity index (χ1n) is 3.33. The van der Waals surface area contributed by atoms with E-state index in [2.05, 4.69) is 0 Å². The van der Waals surface area contributed by atoms with Crippen LogP contribution in [0.2, 0.25) is 0 Å². The fraction of sp³-hybridized carbons (Fsp3) is 0.714. The van der Waals surface area contributed by atoms with Gasteiger partial charge in [0.1, 0.15) is 0 Å². The largest absolute Gasteiger partial charge is 0.288 e. The third-order valence-electron chi connectivity index (χ3n) is 0.888. The number of hydrogen-bond acceptors (Lipinski definition) is 4. The Morgan fingerprint density at radius 3 is 2.18 bits per heavy atom. The van der Waals surface area contributed by atoms with Gasteiger partial charge in [-0.2, -0.15) is 0 Å². The van der Waals surface area contributed by atoms with Crippen LogP contribution in [0.3, 0.4) is 0 Å². The fourth-order valence-electron chi connectivity index (χ4n) is 0.552. The van der Waals surface area contributed by atoms with Gasteiger partial charge in [-0.15, -0.1) is 0 Å². The molecule has 1 unspecified atom stereocenters. The minimum absolute atomic E-state index is 0.112. The van der Waals surface area contributed by atoms with E-state index in [-0.39, 0.29) is 15.5 Å². The quantitative estimate of drug-likeness (QED) is 0.684. The molecule has 0 bridgehead atoms. The van der Waals surface area contributed by atoms with Gasteiger partial charge in [-0.25, -0.2) is 0 Å². The van der Waals surface area contributed by atoms with Gasteiger partial charge in [0.2, 0.25) is 0 Å². The first-order valence-corrected chi connectivity index (χ1v) is 5.19. The molecule has 0 aromatic carbocycles. The number of hydrogen-bond donors (Lipinski definition) is 0. The van der Waals surface area contributed by atoms with Crippen LogP contribution in [0.1, 0.15) is 20.8 Å². The lowest BCUT2D eigenvalue weighted by Gasteiger charge is -2.05. The highest BCUT2D eigenvalue weighted by Crippen LogP contribution is 2.16. The van der Waals surface area contributed by atoms with Gasteiger partial charge < -0.3 is 0 Å². The van der Waals surface area contributed by atoms with E-state index in [1.54, 1.807) is 6.92 Å². The van der Waals surface area contributed by atoms with Gasteiger partial charge in [-0.3, -0.25) is 9.59 Å². The smallest absolute Gasteiger partial charge is 0.186 e. The average molecular weight is 192 g/mol. The maximum absolute atomic E-state index is 10.6. The van der Waals surface area contributed by atoms with Crippen LogP contribution in [0.15, 0.2) is 0 Å². The van der Waals surface area contributed by atoms with Crippen LogP contribution in [-0.2, 0) is 9.59 Å². The first-order chi connectivity index (χ1) is 5.02. The lowest BCUT2D eigenvalue weighted by Crippen LogP contribution is -2.04. The highest BCUT2D eigenvalue weighted by atomic mass is 32.2. The van der Waals surface area contributed by atoms with Crippen molar-refractivity contribution in [1.29, 1.82) is 0 Å². The molecule has 64 valence electrons. The maximum Gasteiger partial charge on any atom is 0.186 e. The van der Waals surface area contributed by atoms with Crippen molar-refractivity contribution in [1.82, 2.24) is 0 Å². The molecule has 4 heteroatoms. The van der Waals surface area contributed by atoms with Crippen molar-refractivity contribution in [2.45, 2.75) is 26.0 Å². The first kappa shape index (κ1) is 11.0.